The Hall–Kier alpha value is -0.590. The third-order valence-corrected chi connectivity index (χ3v) is 2.42. The highest BCUT2D eigenvalue weighted by atomic mass is 16.5. The van der Waals surface area contributed by atoms with Crippen LogP contribution < -0.4 is 0 Å². The second kappa shape index (κ2) is 4.44. The van der Waals surface area contributed by atoms with Crippen LogP contribution in [0.25, 0.3) is 0 Å². The van der Waals surface area contributed by atoms with E-state index in [0.29, 0.717) is 0 Å². The summed E-state index contributed by atoms with van der Waals surface area (Å²) in [5.74, 6) is 1.71. The molecule has 2 saturated heterocycles. The average molecular weight is 168 g/mol. The number of rotatable bonds is 0. The molecule has 0 amide bonds. The van der Waals surface area contributed by atoms with Crippen LogP contribution in [0.3, 0.4) is 0 Å². The molecule has 2 rings (SSSR count). The molecule has 2 aliphatic rings. The van der Waals surface area contributed by atoms with Crippen molar-refractivity contribution >= 4 is 0 Å². The van der Waals surface area contributed by atoms with Crippen molar-refractivity contribution in [2.75, 3.05) is 33.4 Å². The Morgan fingerprint density at radius 2 is 1.75 bits per heavy atom. The van der Waals surface area contributed by atoms with Crippen LogP contribution in [0.2, 0.25) is 0 Å². The van der Waals surface area contributed by atoms with E-state index in [1.54, 1.807) is 6.07 Å². The quantitative estimate of drug-likeness (QED) is 0.535. The van der Waals surface area contributed by atoms with Gasteiger partial charge in [0, 0.05) is 31.8 Å². The first kappa shape index (κ1) is 9.50. The molecule has 0 bridgehead atoms. The Morgan fingerprint density at radius 3 is 2.17 bits per heavy atom. The Balaban J connectivity index is 0.000000213. The van der Waals surface area contributed by atoms with Gasteiger partial charge in [-0.15, -0.1) is 0 Å². The zero-order valence-corrected chi connectivity index (χ0v) is 7.79. The van der Waals surface area contributed by atoms with Crippen molar-refractivity contribution in [3.63, 3.8) is 0 Å². The highest BCUT2D eigenvalue weighted by molar-refractivity contribution is 4.85. The third kappa shape index (κ3) is 2.20. The second-order valence-electron chi connectivity index (χ2n) is 3.50. The van der Waals surface area contributed by atoms with E-state index >= 15 is 0 Å². The molecule has 3 heteroatoms. The number of hydrogen-bond donors (Lipinski definition) is 0. The van der Waals surface area contributed by atoms with Gasteiger partial charge < -0.3 is 9.64 Å². The Labute approximate surface area is 73.9 Å². The number of ether oxygens (including phenoxy) is 1. The summed E-state index contributed by atoms with van der Waals surface area (Å²) in [6.07, 6.45) is 0. The normalized spacial score (nSPS) is 33.4. The maximum absolute atomic E-state index is 7.32. The van der Waals surface area contributed by atoms with E-state index in [1.807, 2.05) is 0 Å². The van der Waals surface area contributed by atoms with Crippen molar-refractivity contribution in [2.45, 2.75) is 6.92 Å². The van der Waals surface area contributed by atoms with Gasteiger partial charge in [-0.25, -0.2) is 0 Å². The molecule has 3 nitrogen and oxygen atoms in total. The van der Waals surface area contributed by atoms with Gasteiger partial charge in [0.05, 0.1) is 19.3 Å². The maximum atomic E-state index is 7.32. The minimum atomic E-state index is 0.856. The number of hydrogen-bond acceptors (Lipinski definition) is 3. The van der Waals surface area contributed by atoms with E-state index in [2.05, 4.69) is 11.9 Å². The Bertz CT molecular complexity index is 164. The van der Waals surface area contributed by atoms with Gasteiger partial charge >= 0.3 is 0 Å². The van der Waals surface area contributed by atoms with Crippen molar-refractivity contribution in [1.82, 2.24) is 4.90 Å². The molecule has 0 N–H and O–H groups in total. The van der Waals surface area contributed by atoms with Crippen molar-refractivity contribution in [3.8, 4) is 6.07 Å². The van der Waals surface area contributed by atoms with Gasteiger partial charge in [0.1, 0.15) is 0 Å². The second-order valence-corrected chi connectivity index (χ2v) is 3.50. The first-order valence-electron chi connectivity index (χ1n) is 4.35. The predicted octanol–water partition coefficient (Wildman–Crippen LogP) is 0.724. The molecular weight excluding hydrogens is 152 g/mol. The summed E-state index contributed by atoms with van der Waals surface area (Å²) in [5.41, 5.74) is 0. The van der Waals surface area contributed by atoms with Crippen LogP contribution in [0.15, 0.2) is 0 Å². The van der Waals surface area contributed by atoms with E-state index in [0.717, 1.165) is 25.0 Å². The summed E-state index contributed by atoms with van der Waals surface area (Å²) in [6.45, 7) is 5.96. The molecule has 0 spiro atoms. The lowest BCUT2D eigenvalue weighted by Gasteiger charge is -2.07. The lowest BCUT2D eigenvalue weighted by molar-refractivity contribution is 0.160. The molecule has 0 aromatic rings. The zero-order valence-electron chi connectivity index (χ0n) is 7.79. The summed E-state index contributed by atoms with van der Waals surface area (Å²) in [4.78, 5) is 2.40. The van der Waals surface area contributed by atoms with Crippen LogP contribution in [0, 0.1) is 23.2 Å². The van der Waals surface area contributed by atoms with E-state index in [9.17, 15) is 0 Å². The number of nitrogens with zero attached hydrogens (tertiary/aromatic N) is 2. The highest BCUT2D eigenvalue weighted by Gasteiger charge is 2.35. The van der Waals surface area contributed by atoms with Crippen LogP contribution in [-0.4, -0.2) is 38.3 Å². The van der Waals surface area contributed by atoms with E-state index < -0.39 is 0 Å². The molecule has 0 saturated carbocycles. The smallest absolute Gasteiger partial charge is 0.0587 e. The third-order valence-electron chi connectivity index (χ3n) is 2.42. The molecule has 0 aliphatic carbocycles. The van der Waals surface area contributed by atoms with Gasteiger partial charge in [-0.2, -0.15) is 5.26 Å². The molecule has 2 fully saturated rings. The Morgan fingerprint density at radius 1 is 1.33 bits per heavy atom. The van der Waals surface area contributed by atoms with Gasteiger partial charge in [0.15, 0.2) is 0 Å². The van der Waals surface area contributed by atoms with Gasteiger partial charge in [0.2, 0.25) is 0 Å². The Kier molecular flexibility index (Phi) is 3.51. The molecule has 2 aliphatic heterocycles. The molecule has 0 aromatic carbocycles. The first-order chi connectivity index (χ1) is 5.77. The number of nitriles is 1. The zero-order chi connectivity index (χ0) is 8.97. The van der Waals surface area contributed by atoms with E-state index in [4.69, 9.17) is 10.00 Å². The molecule has 0 aromatic heterocycles. The molecule has 0 radical (unpaired) electrons. The number of likely N-dealkylation sites (tertiary alicyclic amines) is 1. The summed E-state index contributed by atoms with van der Waals surface area (Å²) >= 11 is 0. The van der Waals surface area contributed by atoms with Gasteiger partial charge in [-0.3, -0.25) is 0 Å². The fraction of sp³-hybridized carbons (Fsp3) is 0.889. The van der Waals surface area contributed by atoms with Crippen LogP contribution in [0.4, 0.5) is 0 Å². The van der Waals surface area contributed by atoms with Crippen LogP contribution in [0.5, 0.6) is 0 Å². The van der Waals surface area contributed by atoms with Crippen LogP contribution >= 0.6 is 0 Å². The largest absolute Gasteiger partial charge is 0.381 e. The van der Waals surface area contributed by atoms with Crippen LogP contribution in [0.1, 0.15) is 6.92 Å². The minimum Gasteiger partial charge on any atom is -0.381 e. The summed E-state index contributed by atoms with van der Waals surface area (Å²) < 4.78 is 5.33. The fourth-order valence-corrected chi connectivity index (χ4v) is 1.92. The maximum Gasteiger partial charge on any atom is 0.0587 e. The molecular formula is C9H16N2O. The molecule has 68 valence electrons. The monoisotopic (exact) mass is 168 g/mol. The predicted molar refractivity (Wildman–Crippen MR) is 46.6 cm³/mol. The fourth-order valence-electron chi connectivity index (χ4n) is 1.92. The van der Waals surface area contributed by atoms with Crippen molar-refractivity contribution in [1.29, 1.82) is 5.26 Å². The molecule has 1 unspecified atom stereocenters. The number of fused-ring (bicyclic) bond motifs is 1. The van der Waals surface area contributed by atoms with Gasteiger partial charge in [-0.1, -0.05) is 0 Å². The summed E-state index contributed by atoms with van der Waals surface area (Å²) in [6, 6.07) is 1.75. The van der Waals surface area contributed by atoms with Gasteiger partial charge in [-0.05, 0) is 7.05 Å². The standard InChI is InChI=1S/C7H13NO.C2H3N/c1-8-2-6-4-9-5-7(6)3-8;1-2-3/h6-7H,2-5H2,1H3;1H3/t6-,7?;/m1./s1. The molecule has 2 heterocycles. The lowest BCUT2D eigenvalue weighted by Crippen LogP contribution is -2.16. The van der Waals surface area contributed by atoms with Crippen molar-refractivity contribution in [2.24, 2.45) is 11.8 Å². The minimum absolute atomic E-state index is 0.856. The first-order valence-corrected chi connectivity index (χ1v) is 4.35. The lowest BCUT2D eigenvalue weighted by atomic mass is 10.0. The summed E-state index contributed by atoms with van der Waals surface area (Å²) in [7, 11) is 2.19. The molecule has 12 heavy (non-hydrogen) atoms. The SMILES string of the molecule is CC#N.CN1CC2COC[C@H]2C1. The summed E-state index contributed by atoms with van der Waals surface area (Å²) in [5, 5.41) is 7.32. The van der Waals surface area contributed by atoms with E-state index in [-0.39, 0.29) is 0 Å². The van der Waals surface area contributed by atoms with Crippen molar-refractivity contribution < 1.29 is 4.74 Å². The molecule has 2 atom stereocenters. The highest BCUT2D eigenvalue weighted by Crippen LogP contribution is 2.27. The van der Waals surface area contributed by atoms with E-state index in [1.165, 1.54) is 20.0 Å². The topological polar surface area (TPSA) is 36.3 Å². The van der Waals surface area contributed by atoms with Gasteiger partial charge in [0.25, 0.3) is 0 Å². The van der Waals surface area contributed by atoms with Crippen molar-refractivity contribution in [3.05, 3.63) is 0 Å². The average Bonchev–Trinajstić information content (AvgIpc) is 2.47. The van der Waals surface area contributed by atoms with Crippen LogP contribution in [-0.2, 0) is 4.74 Å².